The molecule has 0 spiro atoms. The van der Waals surface area contributed by atoms with Crippen molar-refractivity contribution in [2.45, 2.75) is 19.3 Å². The van der Waals surface area contributed by atoms with E-state index in [0.29, 0.717) is 18.6 Å². The maximum absolute atomic E-state index is 11.0. The third-order valence-corrected chi connectivity index (χ3v) is 2.07. The van der Waals surface area contributed by atoms with Gasteiger partial charge in [0.15, 0.2) is 0 Å². The summed E-state index contributed by atoms with van der Waals surface area (Å²) in [6, 6.07) is 2.00. The smallest absolute Gasteiger partial charge is 0.137 e. The molecule has 56 valence electrons. The van der Waals surface area contributed by atoms with Crippen LogP contribution in [-0.4, -0.2) is 10.8 Å². The molecule has 2 nitrogen and oxygen atoms in total. The van der Waals surface area contributed by atoms with Gasteiger partial charge in [-0.1, -0.05) is 0 Å². The van der Waals surface area contributed by atoms with E-state index in [9.17, 15) is 4.79 Å². The maximum atomic E-state index is 11.0. The molecule has 0 bridgehead atoms. The summed E-state index contributed by atoms with van der Waals surface area (Å²) in [5.74, 6) is 0.338. The second-order valence-corrected chi connectivity index (χ2v) is 2.86. The number of nitrogens with zero attached hydrogens (tertiary/aromatic N) is 1. The molecule has 0 aliphatic heterocycles. The number of aromatic nitrogens is 1. The van der Waals surface area contributed by atoms with Gasteiger partial charge in [0.2, 0.25) is 0 Å². The van der Waals surface area contributed by atoms with E-state index in [4.69, 9.17) is 0 Å². The highest BCUT2D eigenvalue weighted by atomic mass is 16.1. The lowest BCUT2D eigenvalue weighted by molar-refractivity contribution is -0.118. The number of fused-ring (bicyclic) bond motifs is 1. The molecule has 2 rings (SSSR count). The van der Waals surface area contributed by atoms with Gasteiger partial charge in [-0.15, -0.1) is 0 Å². The lowest BCUT2D eigenvalue weighted by Gasteiger charge is -2.12. The fourth-order valence-corrected chi connectivity index (χ4v) is 1.43. The predicted octanol–water partition coefficient (Wildman–Crippen LogP) is 1.14. The summed E-state index contributed by atoms with van der Waals surface area (Å²) in [4.78, 5) is 15.0. The van der Waals surface area contributed by atoms with Crippen molar-refractivity contribution in [3.63, 3.8) is 0 Å². The molecule has 1 aromatic heterocycles. The van der Waals surface area contributed by atoms with Crippen molar-refractivity contribution < 1.29 is 4.79 Å². The van der Waals surface area contributed by atoms with Crippen LogP contribution in [0.4, 0.5) is 0 Å². The second kappa shape index (κ2) is 2.46. The molecule has 0 saturated heterocycles. The van der Waals surface area contributed by atoms with Crippen molar-refractivity contribution in [1.29, 1.82) is 0 Å². The topological polar surface area (TPSA) is 30.0 Å². The molecule has 0 fully saturated rings. The number of aryl methyl sites for hydroxylation is 1. The van der Waals surface area contributed by atoms with Gasteiger partial charge in [0.05, 0.1) is 0 Å². The van der Waals surface area contributed by atoms with Crippen molar-refractivity contribution in [3.05, 3.63) is 29.6 Å². The fourth-order valence-electron chi connectivity index (χ4n) is 1.43. The molecule has 2 heteroatoms. The van der Waals surface area contributed by atoms with Gasteiger partial charge >= 0.3 is 0 Å². The van der Waals surface area contributed by atoms with Gasteiger partial charge in [0, 0.05) is 25.2 Å². The van der Waals surface area contributed by atoms with E-state index in [1.807, 2.05) is 6.07 Å². The zero-order valence-electron chi connectivity index (χ0n) is 6.21. The lowest BCUT2D eigenvalue weighted by atomic mass is 9.93. The molecule has 1 aliphatic rings. The van der Waals surface area contributed by atoms with E-state index in [1.165, 1.54) is 5.56 Å². The first-order valence-corrected chi connectivity index (χ1v) is 3.80. The Bertz CT molecular complexity index is 293. The van der Waals surface area contributed by atoms with Crippen LogP contribution in [0.1, 0.15) is 17.5 Å². The van der Waals surface area contributed by atoms with Crippen LogP contribution in [0, 0.1) is 0 Å². The maximum Gasteiger partial charge on any atom is 0.137 e. The van der Waals surface area contributed by atoms with E-state index in [1.54, 1.807) is 12.4 Å². The highest BCUT2D eigenvalue weighted by molar-refractivity contribution is 5.82. The van der Waals surface area contributed by atoms with Crippen LogP contribution in [-0.2, 0) is 17.6 Å². The Kier molecular flexibility index (Phi) is 1.46. The number of ketones is 1. The van der Waals surface area contributed by atoms with E-state index in [2.05, 4.69) is 4.98 Å². The quantitative estimate of drug-likeness (QED) is 0.550. The predicted molar refractivity (Wildman–Crippen MR) is 41.3 cm³/mol. The van der Waals surface area contributed by atoms with Gasteiger partial charge in [0.25, 0.3) is 0 Å². The number of carbonyl (C=O) groups is 1. The highest BCUT2D eigenvalue weighted by Crippen LogP contribution is 2.16. The Labute approximate surface area is 65.3 Å². The number of pyridine rings is 1. The number of rotatable bonds is 0. The number of Topliss-reactive ketones (excluding diaryl/α,β-unsaturated/α-hetero) is 1. The third kappa shape index (κ3) is 1.16. The van der Waals surface area contributed by atoms with Crippen LogP contribution in [0.5, 0.6) is 0 Å². The van der Waals surface area contributed by atoms with E-state index in [0.717, 1.165) is 12.0 Å². The van der Waals surface area contributed by atoms with Crippen molar-refractivity contribution in [2.24, 2.45) is 0 Å². The first-order valence-electron chi connectivity index (χ1n) is 3.80. The van der Waals surface area contributed by atoms with Gasteiger partial charge in [-0.05, 0) is 23.6 Å². The van der Waals surface area contributed by atoms with Gasteiger partial charge in [-0.3, -0.25) is 9.78 Å². The number of hydrogen-bond donors (Lipinski definition) is 0. The Morgan fingerprint density at radius 1 is 1.27 bits per heavy atom. The molecule has 0 radical (unpaired) electrons. The highest BCUT2D eigenvalue weighted by Gasteiger charge is 2.14. The van der Waals surface area contributed by atoms with Gasteiger partial charge in [0.1, 0.15) is 5.78 Å². The van der Waals surface area contributed by atoms with Crippen LogP contribution >= 0.6 is 0 Å². The molecule has 0 unspecified atom stereocenters. The van der Waals surface area contributed by atoms with Crippen molar-refractivity contribution >= 4 is 5.78 Å². The molecule has 1 aromatic rings. The largest absolute Gasteiger partial charge is 0.299 e. The molecule has 0 N–H and O–H groups in total. The Morgan fingerprint density at radius 2 is 2.18 bits per heavy atom. The Balaban J connectivity index is 2.41. The van der Waals surface area contributed by atoms with Crippen LogP contribution in [0.2, 0.25) is 0 Å². The summed E-state index contributed by atoms with van der Waals surface area (Å²) in [5.41, 5.74) is 2.41. The van der Waals surface area contributed by atoms with Crippen LogP contribution in [0.15, 0.2) is 18.5 Å². The standard InChI is InChI=1S/C9H9NO/c11-9-2-1-7-3-4-10-6-8(7)5-9/h3-4,6H,1-2,5H2. The molecule has 1 heterocycles. The normalized spacial score (nSPS) is 16.2. The van der Waals surface area contributed by atoms with Crippen molar-refractivity contribution in [3.8, 4) is 0 Å². The molecule has 0 atom stereocenters. The zero-order valence-corrected chi connectivity index (χ0v) is 6.21. The van der Waals surface area contributed by atoms with Gasteiger partial charge in [-0.25, -0.2) is 0 Å². The van der Waals surface area contributed by atoms with Crippen molar-refractivity contribution in [1.82, 2.24) is 4.98 Å². The summed E-state index contributed by atoms with van der Waals surface area (Å²) in [5, 5.41) is 0. The average Bonchev–Trinajstić information content (AvgIpc) is 2.04. The van der Waals surface area contributed by atoms with Gasteiger partial charge < -0.3 is 0 Å². The molecule has 1 aliphatic carbocycles. The van der Waals surface area contributed by atoms with E-state index in [-0.39, 0.29) is 0 Å². The third-order valence-electron chi connectivity index (χ3n) is 2.07. The van der Waals surface area contributed by atoms with Crippen LogP contribution < -0.4 is 0 Å². The Morgan fingerprint density at radius 3 is 3.09 bits per heavy atom. The molecular weight excluding hydrogens is 138 g/mol. The molecule has 11 heavy (non-hydrogen) atoms. The van der Waals surface area contributed by atoms with E-state index >= 15 is 0 Å². The lowest BCUT2D eigenvalue weighted by Crippen LogP contribution is -2.13. The summed E-state index contributed by atoms with van der Waals surface area (Å²) in [7, 11) is 0. The second-order valence-electron chi connectivity index (χ2n) is 2.86. The molecule has 0 amide bonds. The fraction of sp³-hybridized carbons (Fsp3) is 0.333. The summed E-state index contributed by atoms with van der Waals surface area (Å²) in [6.07, 6.45) is 5.78. The number of hydrogen-bond acceptors (Lipinski definition) is 2. The SMILES string of the molecule is O=C1CCc2ccncc2C1. The Hall–Kier alpha value is -1.18. The van der Waals surface area contributed by atoms with Crippen molar-refractivity contribution in [2.75, 3.05) is 0 Å². The van der Waals surface area contributed by atoms with E-state index < -0.39 is 0 Å². The monoisotopic (exact) mass is 147 g/mol. The summed E-state index contributed by atoms with van der Waals surface area (Å²) in [6.45, 7) is 0. The molecule has 0 aromatic carbocycles. The van der Waals surface area contributed by atoms with Crippen LogP contribution in [0.3, 0.4) is 0 Å². The minimum atomic E-state index is 0.338. The zero-order chi connectivity index (χ0) is 7.68. The number of carbonyl (C=O) groups excluding carboxylic acids is 1. The minimum Gasteiger partial charge on any atom is -0.299 e. The van der Waals surface area contributed by atoms with Gasteiger partial charge in [-0.2, -0.15) is 0 Å². The summed E-state index contributed by atoms with van der Waals surface area (Å²) >= 11 is 0. The first kappa shape index (κ1) is 6.53. The molecule has 0 saturated carbocycles. The molecular formula is C9H9NO. The average molecular weight is 147 g/mol. The minimum absolute atomic E-state index is 0.338. The van der Waals surface area contributed by atoms with Crippen LogP contribution in [0.25, 0.3) is 0 Å². The first-order chi connectivity index (χ1) is 5.36. The summed E-state index contributed by atoms with van der Waals surface area (Å²) < 4.78 is 0.